The number of imidazole rings is 1. The van der Waals surface area contributed by atoms with Gasteiger partial charge in [0.2, 0.25) is 0 Å². The SMILES string of the molecule is CC(C)n1cnc2c(NCc3ccc(-c4cccnc4)nc3)nc(-c3cncs3)nc21. The van der Waals surface area contributed by atoms with Gasteiger partial charge in [-0.2, -0.15) is 0 Å². The van der Waals surface area contributed by atoms with Crippen LogP contribution in [0.15, 0.2) is 60.9 Å². The number of thiazole rings is 1. The fourth-order valence-electron chi connectivity index (χ4n) is 3.25. The standard InChI is InChI=1S/C22H20N8S/c1-14(2)30-12-27-19-21(28-20(29-22(19)30)18-11-24-13-31-18)26-9-15-5-6-17(25-8-15)16-4-3-7-23-10-16/h3-8,10-14H,9H2,1-2H3,(H,26,28,29). The predicted molar refractivity (Wildman–Crippen MR) is 122 cm³/mol. The number of hydrogen-bond donors (Lipinski definition) is 1. The number of nitrogens with one attached hydrogen (secondary N) is 1. The van der Waals surface area contributed by atoms with Gasteiger partial charge >= 0.3 is 0 Å². The van der Waals surface area contributed by atoms with E-state index in [4.69, 9.17) is 9.97 Å². The Morgan fingerprint density at radius 2 is 1.97 bits per heavy atom. The number of nitrogens with zero attached hydrogens (tertiary/aromatic N) is 7. The smallest absolute Gasteiger partial charge is 0.175 e. The predicted octanol–water partition coefficient (Wildman–Crippen LogP) is 4.60. The lowest BCUT2D eigenvalue weighted by Gasteiger charge is -2.11. The quantitative estimate of drug-likeness (QED) is 0.422. The fraction of sp³-hybridized carbons (Fsp3) is 0.182. The maximum atomic E-state index is 4.76. The summed E-state index contributed by atoms with van der Waals surface area (Å²) in [6.45, 7) is 4.79. The molecule has 0 aromatic carbocycles. The lowest BCUT2D eigenvalue weighted by Crippen LogP contribution is -2.06. The molecule has 9 heteroatoms. The largest absolute Gasteiger partial charge is 0.364 e. The number of rotatable bonds is 6. The van der Waals surface area contributed by atoms with Gasteiger partial charge < -0.3 is 9.88 Å². The zero-order chi connectivity index (χ0) is 21.2. The number of aromatic nitrogens is 7. The molecule has 5 heterocycles. The summed E-state index contributed by atoms with van der Waals surface area (Å²) in [5.74, 6) is 1.34. The average Bonchev–Trinajstić information content (AvgIpc) is 3.48. The molecule has 0 aliphatic rings. The second-order valence-electron chi connectivity index (χ2n) is 7.33. The summed E-state index contributed by atoms with van der Waals surface area (Å²) in [6, 6.07) is 8.20. The van der Waals surface area contributed by atoms with Crippen molar-refractivity contribution in [2.75, 3.05) is 5.32 Å². The van der Waals surface area contributed by atoms with Crippen molar-refractivity contribution in [1.82, 2.24) is 34.5 Å². The van der Waals surface area contributed by atoms with Gasteiger partial charge in [-0.05, 0) is 37.6 Å². The molecule has 0 spiro atoms. The zero-order valence-corrected chi connectivity index (χ0v) is 17.9. The summed E-state index contributed by atoms with van der Waals surface area (Å²) in [4.78, 5) is 27.9. The molecule has 0 bridgehead atoms. The van der Waals surface area contributed by atoms with Crippen LogP contribution in [-0.4, -0.2) is 34.5 Å². The first-order chi connectivity index (χ1) is 15.2. The Bertz CT molecular complexity index is 1300. The number of anilines is 1. The summed E-state index contributed by atoms with van der Waals surface area (Å²) in [6.07, 6.45) is 9.03. The first-order valence-corrected chi connectivity index (χ1v) is 10.8. The molecule has 1 N–H and O–H groups in total. The van der Waals surface area contributed by atoms with Gasteiger partial charge in [0, 0.05) is 42.9 Å². The minimum atomic E-state index is 0.242. The van der Waals surface area contributed by atoms with Crippen LogP contribution in [0.25, 0.3) is 33.1 Å². The van der Waals surface area contributed by atoms with E-state index in [0.717, 1.165) is 32.9 Å². The first kappa shape index (κ1) is 19.3. The number of pyridine rings is 2. The second-order valence-corrected chi connectivity index (χ2v) is 8.21. The molecule has 0 atom stereocenters. The molecule has 0 amide bonds. The Hall–Kier alpha value is -3.72. The topological polar surface area (TPSA) is 94.3 Å². The van der Waals surface area contributed by atoms with E-state index in [1.807, 2.05) is 36.9 Å². The van der Waals surface area contributed by atoms with Crippen molar-refractivity contribution in [3.63, 3.8) is 0 Å². The van der Waals surface area contributed by atoms with Crippen LogP contribution < -0.4 is 5.32 Å². The van der Waals surface area contributed by atoms with Gasteiger partial charge in [-0.25, -0.2) is 15.0 Å². The minimum Gasteiger partial charge on any atom is -0.364 e. The maximum Gasteiger partial charge on any atom is 0.175 e. The third-order valence-corrected chi connectivity index (χ3v) is 5.64. The van der Waals surface area contributed by atoms with E-state index >= 15 is 0 Å². The molecule has 0 aliphatic carbocycles. The second kappa shape index (κ2) is 8.19. The highest BCUT2D eigenvalue weighted by atomic mass is 32.1. The Morgan fingerprint density at radius 1 is 1.03 bits per heavy atom. The Labute approximate surface area is 183 Å². The fourth-order valence-corrected chi connectivity index (χ4v) is 3.81. The van der Waals surface area contributed by atoms with Crippen molar-refractivity contribution in [2.24, 2.45) is 0 Å². The maximum absolute atomic E-state index is 4.76. The molecule has 0 saturated carbocycles. The van der Waals surface area contributed by atoms with Crippen LogP contribution in [0.5, 0.6) is 0 Å². The monoisotopic (exact) mass is 428 g/mol. The molecule has 0 aliphatic heterocycles. The van der Waals surface area contributed by atoms with Gasteiger partial charge in [0.15, 0.2) is 17.3 Å². The highest BCUT2D eigenvalue weighted by Crippen LogP contribution is 2.27. The number of hydrogen-bond acceptors (Lipinski definition) is 8. The van der Waals surface area contributed by atoms with Crippen LogP contribution >= 0.6 is 11.3 Å². The van der Waals surface area contributed by atoms with Crippen molar-refractivity contribution in [2.45, 2.75) is 26.4 Å². The Kier molecular flexibility index (Phi) is 5.09. The zero-order valence-electron chi connectivity index (χ0n) is 17.1. The first-order valence-electron chi connectivity index (χ1n) is 9.91. The van der Waals surface area contributed by atoms with Crippen LogP contribution in [0.3, 0.4) is 0 Å². The van der Waals surface area contributed by atoms with Crippen LogP contribution in [0.1, 0.15) is 25.5 Å². The van der Waals surface area contributed by atoms with Crippen LogP contribution in [-0.2, 0) is 6.54 Å². The molecule has 8 nitrogen and oxygen atoms in total. The third kappa shape index (κ3) is 3.87. The van der Waals surface area contributed by atoms with E-state index in [9.17, 15) is 0 Å². The summed E-state index contributed by atoms with van der Waals surface area (Å²) in [5, 5.41) is 3.42. The molecule has 154 valence electrons. The van der Waals surface area contributed by atoms with Gasteiger partial charge in [-0.1, -0.05) is 6.07 Å². The van der Waals surface area contributed by atoms with Crippen molar-refractivity contribution < 1.29 is 0 Å². The average molecular weight is 429 g/mol. The molecule has 0 radical (unpaired) electrons. The van der Waals surface area contributed by atoms with Crippen LogP contribution in [0, 0.1) is 0 Å². The van der Waals surface area contributed by atoms with Crippen molar-refractivity contribution in [3.05, 3.63) is 66.5 Å². The van der Waals surface area contributed by atoms with E-state index in [0.29, 0.717) is 18.2 Å². The van der Waals surface area contributed by atoms with Crippen LogP contribution in [0.2, 0.25) is 0 Å². The van der Waals surface area contributed by atoms with Crippen molar-refractivity contribution in [1.29, 1.82) is 0 Å². The van der Waals surface area contributed by atoms with E-state index < -0.39 is 0 Å². The Morgan fingerprint density at radius 3 is 2.68 bits per heavy atom. The minimum absolute atomic E-state index is 0.242. The van der Waals surface area contributed by atoms with Crippen molar-refractivity contribution >= 4 is 28.3 Å². The summed E-state index contributed by atoms with van der Waals surface area (Å²) in [7, 11) is 0. The lowest BCUT2D eigenvalue weighted by molar-refractivity contribution is 0.613. The normalized spacial score (nSPS) is 11.3. The number of fused-ring (bicyclic) bond motifs is 1. The molecular weight excluding hydrogens is 408 g/mol. The van der Waals surface area contributed by atoms with Crippen molar-refractivity contribution in [3.8, 4) is 22.0 Å². The third-order valence-electron chi connectivity index (χ3n) is 4.87. The van der Waals surface area contributed by atoms with E-state index in [2.05, 4.69) is 49.7 Å². The van der Waals surface area contributed by atoms with Gasteiger partial charge in [-0.3, -0.25) is 15.0 Å². The highest BCUT2D eigenvalue weighted by molar-refractivity contribution is 7.13. The van der Waals surface area contributed by atoms with Gasteiger partial charge in [0.1, 0.15) is 5.52 Å². The summed E-state index contributed by atoms with van der Waals surface area (Å²) in [5.41, 5.74) is 6.27. The molecule has 31 heavy (non-hydrogen) atoms. The van der Waals surface area contributed by atoms with E-state index in [-0.39, 0.29) is 6.04 Å². The van der Waals surface area contributed by atoms with E-state index in [1.54, 1.807) is 17.9 Å². The molecule has 0 fully saturated rings. The van der Waals surface area contributed by atoms with Gasteiger partial charge in [0.25, 0.3) is 0 Å². The van der Waals surface area contributed by atoms with Gasteiger partial charge in [0.05, 0.1) is 22.4 Å². The molecule has 0 unspecified atom stereocenters. The van der Waals surface area contributed by atoms with Gasteiger partial charge in [-0.15, -0.1) is 11.3 Å². The molecule has 5 rings (SSSR count). The molecular formula is C22H20N8S. The van der Waals surface area contributed by atoms with Crippen LogP contribution in [0.4, 0.5) is 5.82 Å². The summed E-state index contributed by atoms with van der Waals surface area (Å²) >= 11 is 1.52. The van der Waals surface area contributed by atoms with E-state index in [1.165, 1.54) is 11.3 Å². The lowest BCUT2D eigenvalue weighted by atomic mass is 10.1. The summed E-state index contributed by atoms with van der Waals surface area (Å²) < 4.78 is 2.05. The Balaban J connectivity index is 1.44. The molecule has 0 saturated heterocycles. The molecule has 5 aromatic rings. The highest BCUT2D eigenvalue weighted by Gasteiger charge is 2.16. The molecule has 5 aromatic heterocycles.